The Morgan fingerprint density at radius 3 is 2.89 bits per heavy atom. The molecular weight excluding hydrogens is 243 g/mol. The van der Waals surface area contributed by atoms with Gasteiger partial charge in [0.1, 0.15) is 6.23 Å². The molecular formula is C11H15FN2O4. The van der Waals surface area contributed by atoms with Crippen LogP contribution in [0.3, 0.4) is 0 Å². The Hall–Kier alpha value is -1.47. The number of aliphatic hydroxyl groups excluding tert-OH is 1. The van der Waals surface area contributed by atoms with Gasteiger partial charge in [-0.25, -0.2) is 4.79 Å². The molecule has 1 saturated heterocycles. The standard InChI is InChI=1S/C11H15FN2O4/c1-6-4-14(11(17)13-10(6)16)9-2-7(3-12)8(5-15)18-9/h4,7-9,15H,2-3,5H2,1H3,(H,13,16,17)/t7-,8-,9-/m1/s1. The highest BCUT2D eigenvalue weighted by molar-refractivity contribution is 5.01. The topological polar surface area (TPSA) is 84.3 Å². The lowest BCUT2D eigenvalue weighted by atomic mass is 10.0. The highest BCUT2D eigenvalue weighted by Crippen LogP contribution is 2.32. The molecule has 6 nitrogen and oxygen atoms in total. The lowest BCUT2D eigenvalue weighted by Crippen LogP contribution is -2.33. The maximum Gasteiger partial charge on any atom is 0.330 e. The minimum atomic E-state index is -0.647. The summed E-state index contributed by atoms with van der Waals surface area (Å²) >= 11 is 0. The molecule has 1 aliphatic heterocycles. The van der Waals surface area contributed by atoms with Crippen molar-refractivity contribution in [1.82, 2.24) is 9.55 Å². The summed E-state index contributed by atoms with van der Waals surface area (Å²) in [6.45, 7) is 0.668. The second kappa shape index (κ2) is 5.03. The van der Waals surface area contributed by atoms with Crippen LogP contribution in [-0.2, 0) is 4.74 Å². The highest BCUT2D eigenvalue weighted by Gasteiger charge is 2.36. The van der Waals surface area contributed by atoms with Crippen LogP contribution in [0.4, 0.5) is 4.39 Å². The third kappa shape index (κ3) is 2.23. The van der Waals surface area contributed by atoms with E-state index in [2.05, 4.69) is 4.98 Å². The number of aromatic amines is 1. The van der Waals surface area contributed by atoms with Crippen LogP contribution in [0.1, 0.15) is 18.2 Å². The Bertz CT molecular complexity index is 527. The summed E-state index contributed by atoms with van der Waals surface area (Å²) in [7, 11) is 0. The van der Waals surface area contributed by atoms with Gasteiger partial charge in [-0.15, -0.1) is 0 Å². The van der Waals surface area contributed by atoms with Crippen LogP contribution in [0.2, 0.25) is 0 Å². The molecule has 7 heteroatoms. The van der Waals surface area contributed by atoms with Crippen molar-refractivity contribution in [2.75, 3.05) is 13.3 Å². The molecule has 0 amide bonds. The van der Waals surface area contributed by atoms with Gasteiger partial charge in [-0.2, -0.15) is 0 Å². The third-order valence-electron chi connectivity index (χ3n) is 3.20. The van der Waals surface area contributed by atoms with Gasteiger partial charge in [0.05, 0.1) is 19.4 Å². The minimum absolute atomic E-state index is 0.290. The highest BCUT2D eigenvalue weighted by atomic mass is 19.1. The molecule has 1 aromatic rings. The first-order valence-corrected chi connectivity index (χ1v) is 5.71. The van der Waals surface area contributed by atoms with Crippen LogP contribution in [0.25, 0.3) is 0 Å². The molecule has 18 heavy (non-hydrogen) atoms. The largest absolute Gasteiger partial charge is 0.394 e. The van der Waals surface area contributed by atoms with E-state index in [1.54, 1.807) is 6.92 Å². The van der Waals surface area contributed by atoms with Crippen molar-refractivity contribution in [3.8, 4) is 0 Å². The van der Waals surface area contributed by atoms with Crippen molar-refractivity contribution >= 4 is 0 Å². The number of alkyl halides is 1. The Morgan fingerprint density at radius 2 is 2.33 bits per heavy atom. The fraction of sp³-hybridized carbons (Fsp3) is 0.636. The normalized spacial score (nSPS) is 27.6. The van der Waals surface area contributed by atoms with Crippen LogP contribution in [0, 0.1) is 12.8 Å². The van der Waals surface area contributed by atoms with E-state index >= 15 is 0 Å². The molecule has 0 saturated carbocycles. The molecule has 2 N–H and O–H groups in total. The quantitative estimate of drug-likeness (QED) is 0.780. The van der Waals surface area contributed by atoms with Crippen LogP contribution in [0.5, 0.6) is 0 Å². The Kier molecular flexibility index (Phi) is 3.63. The zero-order chi connectivity index (χ0) is 13.3. The van der Waals surface area contributed by atoms with Crippen molar-refractivity contribution in [3.05, 3.63) is 32.6 Å². The summed E-state index contributed by atoms with van der Waals surface area (Å²) in [6, 6.07) is 0. The first kappa shape index (κ1) is 13.0. The molecule has 0 radical (unpaired) electrons. The molecule has 0 aliphatic carbocycles. The van der Waals surface area contributed by atoms with Gasteiger partial charge in [-0.1, -0.05) is 0 Å². The molecule has 1 aliphatic rings. The Labute approximate surface area is 102 Å². The number of aryl methyl sites for hydroxylation is 1. The van der Waals surface area contributed by atoms with Gasteiger partial charge in [-0.05, 0) is 6.92 Å². The summed E-state index contributed by atoms with van der Waals surface area (Å²) < 4.78 is 19.4. The van der Waals surface area contributed by atoms with E-state index in [0.29, 0.717) is 12.0 Å². The second-order valence-electron chi connectivity index (χ2n) is 4.44. The molecule has 2 heterocycles. The second-order valence-corrected chi connectivity index (χ2v) is 4.44. The molecule has 3 atom stereocenters. The van der Waals surface area contributed by atoms with Crippen molar-refractivity contribution in [2.24, 2.45) is 5.92 Å². The SMILES string of the molecule is Cc1cn([C@H]2C[C@H](CF)[C@@H](CO)O2)c(=O)[nH]c1=O. The number of hydrogen-bond acceptors (Lipinski definition) is 4. The predicted molar refractivity (Wildman–Crippen MR) is 61.1 cm³/mol. The summed E-state index contributed by atoms with van der Waals surface area (Å²) in [5.41, 5.74) is -0.663. The molecule has 0 aromatic carbocycles. The number of ether oxygens (including phenoxy) is 1. The number of nitrogens with one attached hydrogen (secondary N) is 1. The fourth-order valence-electron chi connectivity index (χ4n) is 2.11. The van der Waals surface area contributed by atoms with E-state index in [0.717, 1.165) is 0 Å². The van der Waals surface area contributed by atoms with E-state index in [1.165, 1.54) is 10.8 Å². The summed E-state index contributed by atoms with van der Waals surface area (Å²) in [5, 5.41) is 9.06. The molecule has 1 aromatic heterocycles. The van der Waals surface area contributed by atoms with Gasteiger partial charge in [0, 0.05) is 24.1 Å². The molecule has 1 fully saturated rings. The van der Waals surface area contributed by atoms with E-state index in [9.17, 15) is 14.0 Å². The average Bonchev–Trinajstić information content (AvgIpc) is 2.76. The molecule has 0 bridgehead atoms. The van der Waals surface area contributed by atoms with E-state index < -0.39 is 36.2 Å². The van der Waals surface area contributed by atoms with Gasteiger partial charge in [0.2, 0.25) is 0 Å². The molecule has 100 valence electrons. The maximum atomic E-state index is 12.7. The maximum absolute atomic E-state index is 12.7. The number of aliphatic hydroxyl groups is 1. The smallest absolute Gasteiger partial charge is 0.330 e. The van der Waals surface area contributed by atoms with Crippen molar-refractivity contribution in [3.63, 3.8) is 0 Å². The summed E-state index contributed by atoms with van der Waals surface area (Å²) in [4.78, 5) is 25.0. The molecule has 0 spiro atoms. The minimum Gasteiger partial charge on any atom is -0.394 e. The van der Waals surface area contributed by atoms with E-state index in [1.807, 2.05) is 0 Å². The zero-order valence-corrected chi connectivity index (χ0v) is 9.93. The molecule has 0 unspecified atom stereocenters. The van der Waals surface area contributed by atoms with Gasteiger partial charge in [0.15, 0.2) is 0 Å². The number of rotatable bonds is 3. The third-order valence-corrected chi connectivity index (χ3v) is 3.20. The number of hydrogen-bond donors (Lipinski definition) is 2. The van der Waals surface area contributed by atoms with Crippen LogP contribution in [-0.4, -0.2) is 34.0 Å². The van der Waals surface area contributed by atoms with Gasteiger partial charge >= 0.3 is 5.69 Å². The Morgan fingerprint density at radius 1 is 1.61 bits per heavy atom. The van der Waals surface area contributed by atoms with Crippen molar-refractivity contribution < 1.29 is 14.2 Å². The fourth-order valence-corrected chi connectivity index (χ4v) is 2.11. The zero-order valence-electron chi connectivity index (χ0n) is 9.93. The Balaban J connectivity index is 2.31. The summed E-state index contributed by atoms with van der Waals surface area (Å²) in [6.07, 6.45) is 0.429. The summed E-state index contributed by atoms with van der Waals surface area (Å²) in [5.74, 6) is -0.431. The van der Waals surface area contributed by atoms with Crippen LogP contribution in [0.15, 0.2) is 15.8 Å². The van der Waals surface area contributed by atoms with E-state index in [-0.39, 0.29) is 6.61 Å². The first-order chi connectivity index (χ1) is 8.56. The lowest BCUT2D eigenvalue weighted by Gasteiger charge is -2.15. The van der Waals surface area contributed by atoms with E-state index in [4.69, 9.17) is 9.84 Å². The number of H-pyrrole nitrogens is 1. The number of aromatic nitrogens is 2. The van der Waals surface area contributed by atoms with Crippen LogP contribution < -0.4 is 11.2 Å². The van der Waals surface area contributed by atoms with Crippen molar-refractivity contribution in [1.29, 1.82) is 0 Å². The number of halogens is 1. The average molecular weight is 258 g/mol. The predicted octanol–water partition coefficient (Wildman–Crippen LogP) is -0.289. The molecule has 2 rings (SSSR count). The first-order valence-electron chi connectivity index (χ1n) is 5.71. The number of nitrogens with zero attached hydrogens (tertiary/aromatic N) is 1. The lowest BCUT2D eigenvalue weighted by molar-refractivity contribution is -0.0342. The van der Waals surface area contributed by atoms with Gasteiger partial charge in [0.25, 0.3) is 5.56 Å². The van der Waals surface area contributed by atoms with Gasteiger partial charge in [-0.3, -0.25) is 18.7 Å². The van der Waals surface area contributed by atoms with Crippen molar-refractivity contribution in [2.45, 2.75) is 25.7 Å². The van der Waals surface area contributed by atoms with Crippen LogP contribution >= 0.6 is 0 Å². The van der Waals surface area contributed by atoms with Gasteiger partial charge < -0.3 is 9.84 Å². The monoisotopic (exact) mass is 258 g/mol.